The molecule has 18 heteroatoms. The third-order valence-electron chi connectivity index (χ3n) is 18.2. The number of aliphatic hydroxyl groups is 10. The summed E-state index contributed by atoms with van der Waals surface area (Å²) < 4.78 is 48.3. The van der Waals surface area contributed by atoms with Crippen molar-refractivity contribution in [3.05, 3.63) is 0 Å². The molecule has 0 aromatic heterocycles. The molecule has 9 fully saturated rings. The molecule has 28 atom stereocenters. The zero-order chi connectivity index (χ0) is 45.1. The number of hydrogen-bond donors (Lipinski definition) is 10. The molecule has 0 bridgehead atoms. The van der Waals surface area contributed by atoms with Gasteiger partial charge in [-0.1, -0.05) is 27.7 Å². The Bertz CT molecular complexity index is 1590. The van der Waals surface area contributed by atoms with Crippen LogP contribution in [0.25, 0.3) is 0 Å². The maximum absolute atomic E-state index is 12.0. The molecule has 10 N–H and O–H groups in total. The lowest BCUT2D eigenvalue weighted by Crippen LogP contribution is -2.63. The first kappa shape index (κ1) is 47.4. The lowest BCUT2D eigenvalue weighted by atomic mass is 9.43. The molecule has 4 aliphatic carbocycles. The van der Waals surface area contributed by atoms with E-state index in [4.69, 9.17) is 37.9 Å². The van der Waals surface area contributed by atoms with Crippen LogP contribution in [0, 0.1) is 52.3 Å². The van der Waals surface area contributed by atoms with Crippen molar-refractivity contribution in [1.82, 2.24) is 0 Å². The number of fused-ring (bicyclic) bond motifs is 7. The van der Waals surface area contributed by atoms with Crippen LogP contribution < -0.4 is 0 Å². The van der Waals surface area contributed by atoms with Gasteiger partial charge in [0.25, 0.3) is 0 Å². The van der Waals surface area contributed by atoms with Gasteiger partial charge in [0, 0.05) is 12.3 Å². The van der Waals surface area contributed by atoms with Crippen molar-refractivity contribution < 1.29 is 89.0 Å². The molecule has 1 spiro atoms. The van der Waals surface area contributed by atoms with E-state index in [2.05, 4.69) is 27.7 Å². The molecule has 63 heavy (non-hydrogen) atoms. The van der Waals surface area contributed by atoms with Crippen LogP contribution in [-0.2, 0) is 37.9 Å². The Labute approximate surface area is 369 Å². The summed E-state index contributed by atoms with van der Waals surface area (Å²) in [5.41, 5.74) is -0.00347. The highest BCUT2D eigenvalue weighted by molar-refractivity contribution is 5.16. The molecular weight excluding hydrogens is 828 g/mol. The van der Waals surface area contributed by atoms with Gasteiger partial charge < -0.3 is 89.0 Å². The van der Waals surface area contributed by atoms with Crippen LogP contribution in [-0.4, -0.2) is 187 Å². The predicted molar refractivity (Wildman–Crippen MR) is 216 cm³/mol. The molecule has 5 heterocycles. The number of ether oxygens (including phenoxy) is 8. The van der Waals surface area contributed by atoms with E-state index in [1.807, 2.05) is 0 Å². The smallest absolute Gasteiger partial charge is 0.186 e. The van der Waals surface area contributed by atoms with Crippen LogP contribution in [0.3, 0.4) is 0 Å². The molecule has 9 aliphatic rings. The van der Waals surface area contributed by atoms with E-state index in [-0.39, 0.29) is 22.9 Å². The molecule has 0 radical (unpaired) electrons. The van der Waals surface area contributed by atoms with Gasteiger partial charge in [-0.3, -0.25) is 0 Å². The van der Waals surface area contributed by atoms with E-state index >= 15 is 0 Å². The first-order valence-electron chi connectivity index (χ1n) is 23.8. The van der Waals surface area contributed by atoms with Gasteiger partial charge in [-0.2, -0.15) is 0 Å². The van der Waals surface area contributed by atoms with Crippen LogP contribution in [0.15, 0.2) is 0 Å². The topological polar surface area (TPSA) is 276 Å². The van der Waals surface area contributed by atoms with E-state index in [0.717, 1.165) is 45.1 Å². The van der Waals surface area contributed by atoms with E-state index in [1.165, 1.54) is 6.92 Å². The van der Waals surface area contributed by atoms with Gasteiger partial charge in [0.05, 0.1) is 44.2 Å². The van der Waals surface area contributed by atoms with Gasteiger partial charge in [-0.25, -0.2) is 0 Å². The maximum Gasteiger partial charge on any atom is 0.186 e. The maximum atomic E-state index is 12.0. The third kappa shape index (κ3) is 7.98. The minimum absolute atomic E-state index is 0.0501. The van der Waals surface area contributed by atoms with E-state index in [1.54, 1.807) is 0 Å². The second-order valence-electron chi connectivity index (χ2n) is 21.7. The average molecular weight is 903 g/mol. The van der Waals surface area contributed by atoms with Crippen LogP contribution in [0.2, 0.25) is 0 Å². The Balaban J connectivity index is 0.804. The summed E-state index contributed by atoms with van der Waals surface area (Å²) in [6.45, 7) is 10.7. The van der Waals surface area contributed by atoms with Gasteiger partial charge >= 0.3 is 0 Å². The van der Waals surface area contributed by atoms with Crippen molar-refractivity contribution in [3.8, 4) is 0 Å². The summed E-state index contributed by atoms with van der Waals surface area (Å²) in [7, 11) is 0. The monoisotopic (exact) mass is 902 g/mol. The minimum atomic E-state index is -1.77. The SMILES string of the molecule is CC1C2C(CC3C4C[C@@H](O)C5C[C@@H](O[C@@H]6O[C@H](CO[C@@H]7O[C@H](CO[C@@H]8O[C@H](C)[C@@H](O)[C@H](O)[C@H]8O)[C@@H](O)[C@H](O)[C@H]7O)[C@@H](O)[C@H](O)[C@H]6O)CC[C@]5(C)C4CC[C@@]32C)O[C@]12CC[C@@H](C)CO2. The summed E-state index contributed by atoms with van der Waals surface area (Å²) in [5, 5.41) is 107. The molecule has 7 unspecified atom stereocenters. The second kappa shape index (κ2) is 17.7. The molecule has 0 amide bonds. The summed E-state index contributed by atoms with van der Waals surface area (Å²) in [6.07, 6.45) is -15.3. The fourth-order valence-corrected chi connectivity index (χ4v) is 14.5. The van der Waals surface area contributed by atoms with Crippen molar-refractivity contribution in [2.45, 2.75) is 209 Å². The van der Waals surface area contributed by atoms with Gasteiger partial charge in [0.1, 0.15) is 67.1 Å². The zero-order valence-electron chi connectivity index (χ0n) is 37.2. The Morgan fingerprint density at radius 2 is 1.14 bits per heavy atom. The molecule has 9 rings (SSSR count). The van der Waals surface area contributed by atoms with Crippen molar-refractivity contribution >= 4 is 0 Å². The van der Waals surface area contributed by atoms with Crippen molar-refractivity contribution in [1.29, 1.82) is 0 Å². The lowest BCUT2D eigenvalue weighted by molar-refractivity contribution is -0.345. The molecule has 0 aromatic rings. The van der Waals surface area contributed by atoms with Crippen LogP contribution in [0.1, 0.15) is 92.4 Å². The molecule has 18 nitrogen and oxygen atoms in total. The number of hydrogen-bond acceptors (Lipinski definition) is 18. The second-order valence-corrected chi connectivity index (χ2v) is 21.7. The van der Waals surface area contributed by atoms with Crippen molar-refractivity contribution in [3.63, 3.8) is 0 Å². The Morgan fingerprint density at radius 1 is 0.556 bits per heavy atom. The molecular formula is C45H74O18. The van der Waals surface area contributed by atoms with Gasteiger partial charge in [0.15, 0.2) is 24.7 Å². The van der Waals surface area contributed by atoms with E-state index < -0.39 is 123 Å². The molecule has 5 aliphatic heterocycles. The van der Waals surface area contributed by atoms with Gasteiger partial charge in [-0.15, -0.1) is 0 Å². The lowest BCUT2D eigenvalue weighted by Gasteiger charge is -2.62. The average Bonchev–Trinajstić information content (AvgIpc) is 3.71. The highest BCUT2D eigenvalue weighted by Crippen LogP contribution is 2.71. The summed E-state index contributed by atoms with van der Waals surface area (Å²) in [4.78, 5) is 0. The fourth-order valence-electron chi connectivity index (χ4n) is 14.5. The van der Waals surface area contributed by atoms with Crippen LogP contribution >= 0.6 is 0 Å². The van der Waals surface area contributed by atoms with E-state index in [0.29, 0.717) is 54.8 Å². The molecule has 362 valence electrons. The third-order valence-corrected chi connectivity index (χ3v) is 18.2. The van der Waals surface area contributed by atoms with Crippen molar-refractivity contribution in [2.24, 2.45) is 52.3 Å². The predicted octanol–water partition coefficient (Wildman–Crippen LogP) is -0.735. The number of rotatable bonds is 8. The normalized spacial score (nSPS) is 59.4. The highest BCUT2D eigenvalue weighted by Gasteiger charge is 2.70. The first-order chi connectivity index (χ1) is 29.8. The quantitative estimate of drug-likeness (QED) is 0.134. The number of aliphatic hydroxyl groups excluding tert-OH is 10. The van der Waals surface area contributed by atoms with Gasteiger partial charge in [-0.05, 0) is 105 Å². The molecule has 4 saturated carbocycles. The summed E-state index contributed by atoms with van der Waals surface area (Å²) in [5.74, 6) is 2.06. The Hall–Kier alpha value is -0.720. The van der Waals surface area contributed by atoms with Crippen molar-refractivity contribution in [2.75, 3.05) is 19.8 Å². The Kier molecular flexibility index (Phi) is 13.3. The fraction of sp³-hybridized carbons (Fsp3) is 1.00. The summed E-state index contributed by atoms with van der Waals surface area (Å²) in [6, 6.07) is 0. The standard InChI is InChI=1S/C45H74O18/c1-18-6-11-45(58-15-18)19(2)30-27(63-45)14-24-22-13-26(46)25-12-21(7-9-43(25,4)23(22)8-10-44(24,30)5)60-42-39(55)36(52)33(49)29(62-42)17-57-41-38(54)35(51)32(48)28(61-41)16-56-40-37(53)34(50)31(47)20(3)59-40/h18-42,46-55H,6-17H2,1-5H3/t18-,19?,20-,21+,22?,23?,24?,25?,26-,27?,28-,29-,30?,31-,32-,33-,34+,35+,36+,37-,38-,39-,40-,41-,42-,43-,44+,45-/m1/s1. The minimum Gasteiger partial charge on any atom is -0.393 e. The molecule has 5 saturated heterocycles. The molecule has 0 aromatic carbocycles. The summed E-state index contributed by atoms with van der Waals surface area (Å²) >= 11 is 0. The van der Waals surface area contributed by atoms with Crippen LogP contribution in [0.4, 0.5) is 0 Å². The highest BCUT2D eigenvalue weighted by atomic mass is 16.7. The van der Waals surface area contributed by atoms with Gasteiger partial charge in [0.2, 0.25) is 0 Å². The largest absolute Gasteiger partial charge is 0.393 e. The van der Waals surface area contributed by atoms with Crippen LogP contribution in [0.5, 0.6) is 0 Å². The zero-order valence-corrected chi connectivity index (χ0v) is 37.2. The first-order valence-corrected chi connectivity index (χ1v) is 23.8. The van der Waals surface area contributed by atoms with E-state index in [9.17, 15) is 51.1 Å². The Morgan fingerprint density at radius 3 is 1.78 bits per heavy atom.